The smallest absolute Gasteiger partial charge is 0.315 e. The molecule has 2 aliphatic rings. The second-order valence-electron chi connectivity index (χ2n) is 6.20. The highest BCUT2D eigenvalue weighted by Crippen LogP contribution is 2.23. The highest BCUT2D eigenvalue weighted by molar-refractivity contribution is 6.30. The lowest BCUT2D eigenvalue weighted by atomic mass is 10.1. The van der Waals surface area contributed by atoms with E-state index in [0.29, 0.717) is 0 Å². The van der Waals surface area contributed by atoms with E-state index in [1.165, 1.54) is 0 Å². The summed E-state index contributed by atoms with van der Waals surface area (Å²) in [5.74, 6) is 0.158. The van der Waals surface area contributed by atoms with Crippen LogP contribution in [0.15, 0.2) is 36.4 Å². The molecule has 1 fully saturated rings. The second-order valence-corrected chi connectivity index (χ2v) is 6.64. The Morgan fingerprint density at radius 3 is 2.96 bits per heavy atom. The highest BCUT2D eigenvalue weighted by Gasteiger charge is 2.25. The van der Waals surface area contributed by atoms with E-state index in [2.05, 4.69) is 15.5 Å². The summed E-state index contributed by atoms with van der Waals surface area (Å²) < 4.78 is 0. The van der Waals surface area contributed by atoms with Crippen LogP contribution < -0.4 is 15.5 Å². The van der Waals surface area contributed by atoms with E-state index in [4.69, 9.17) is 16.7 Å². The molecule has 3 rings (SSSR count). The fraction of sp³-hybridized carbons (Fsp3) is 0.471. The van der Waals surface area contributed by atoms with Crippen LogP contribution in [0.4, 0.5) is 10.5 Å². The monoisotopic (exact) mass is 335 g/mol. The molecule has 3 N–H and O–H groups in total. The normalized spacial score (nSPS) is 26.5. The highest BCUT2D eigenvalue weighted by atomic mass is 35.5. The van der Waals surface area contributed by atoms with E-state index < -0.39 is 0 Å². The number of aliphatic hydroxyl groups excluding tert-OH is 1. The van der Waals surface area contributed by atoms with Crippen molar-refractivity contribution in [3.8, 4) is 0 Å². The first-order valence-corrected chi connectivity index (χ1v) is 8.38. The van der Waals surface area contributed by atoms with Gasteiger partial charge in [0.05, 0.1) is 0 Å². The molecule has 3 atom stereocenters. The van der Waals surface area contributed by atoms with Gasteiger partial charge >= 0.3 is 6.03 Å². The van der Waals surface area contributed by atoms with E-state index in [1.807, 2.05) is 36.4 Å². The van der Waals surface area contributed by atoms with Crippen molar-refractivity contribution < 1.29 is 9.90 Å². The van der Waals surface area contributed by atoms with Crippen LogP contribution in [0.2, 0.25) is 5.02 Å². The van der Waals surface area contributed by atoms with Crippen LogP contribution in [0.1, 0.15) is 12.8 Å². The summed E-state index contributed by atoms with van der Waals surface area (Å²) in [5.41, 5.74) is 1.09. The van der Waals surface area contributed by atoms with Crippen LogP contribution in [-0.4, -0.2) is 42.9 Å². The Morgan fingerprint density at radius 2 is 2.22 bits per heavy atom. The van der Waals surface area contributed by atoms with Gasteiger partial charge in [-0.2, -0.15) is 0 Å². The molecule has 6 heteroatoms. The zero-order valence-corrected chi connectivity index (χ0v) is 13.7. The number of carbonyl (C=O) groups excluding carboxylic acids is 1. The molecule has 0 saturated carbocycles. The maximum atomic E-state index is 12.1. The molecule has 0 radical (unpaired) electrons. The Kier molecular flexibility index (Phi) is 5.08. The number of hydrogen-bond donors (Lipinski definition) is 3. The van der Waals surface area contributed by atoms with E-state index in [9.17, 15) is 4.79 Å². The van der Waals surface area contributed by atoms with Crippen molar-refractivity contribution in [1.82, 2.24) is 10.6 Å². The van der Waals surface area contributed by atoms with Crippen LogP contribution in [-0.2, 0) is 0 Å². The minimum absolute atomic E-state index is 0.0117. The van der Waals surface area contributed by atoms with E-state index in [1.54, 1.807) is 0 Å². The van der Waals surface area contributed by atoms with Crippen LogP contribution in [0.25, 0.3) is 0 Å². The molecular formula is C17H22ClN3O2. The molecule has 0 bridgehead atoms. The average Bonchev–Trinajstić information content (AvgIpc) is 3.16. The van der Waals surface area contributed by atoms with Gasteiger partial charge in [0, 0.05) is 48.4 Å². The predicted molar refractivity (Wildman–Crippen MR) is 91.9 cm³/mol. The molecule has 0 aromatic heterocycles. The number of halogens is 1. The number of aliphatic hydroxyl groups is 1. The molecule has 23 heavy (non-hydrogen) atoms. The Hall–Kier alpha value is -1.72. The third-order valence-electron chi connectivity index (χ3n) is 4.42. The number of carbonyl (C=O) groups is 1. The Labute approximate surface area is 141 Å². The van der Waals surface area contributed by atoms with Gasteiger partial charge in [0.15, 0.2) is 0 Å². The maximum Gasteiger partial charge on any atom is 0.315 e. The van der Waals surface area contributed by atoms with Crippen LogP contribution >= 0.6 is 11.6 Å². The quantitative estimate of drug-likeness (QED) is 0.739. The van der Waals surface area contributed by atoms with Gasteiger partial charge in [0.2, 0.25) is 0 Å². The van der Waals surface area contributed by atoms with Gasteiger partial charge in [-0.15, -0.1) is 0 Å². The molecule has 1 heterocycles. The SMILES string of the molecule is O=C(N[C@@H]1CCN(c2cccc(Cl)c2)C1)N[C@@H]1C=C[C@H](CO)C1. The molecule has 2 amide bonds. The van der Waals surface area contributed by atoms with Crippen molar-refractivity contribution >= 4 is 23.3 Å². The first kappa shape index (κ1) is 16.1. The molecule has 124 valence electrons. The number of rotatable bonds is 4. The van der Waals surface area contributed by atoms with Crippen molar-refractivity contribution in [3.63, 3.8) is 0 Å². The number of nitrogens with zero attached hydrogens (tertiary/aromatic N) is 1. The first-order chi connectivity index (χ1) is 11.1. The summed E-state index contributed by atoms with van der Waals surface area (Å²) in [4.78, 5) is 14.3. The number of amides is 2. The van der Waals surface area contributed by atoms with Crippen molar-refractivity contribution in [3.05, 3.63) is 41.4 Å². The van der Waals surface area contributed by atoms with Gasteiger partial charge in [0.25, 0.3) is 0 Å². The Bertz CT molecular complexity index is 593. The van der Waals surface area contributed by atoms with Gasteiger partial charge in [-0.25, -0.2) is 4.79 Å². The van der Waals surface area contributed by atoms with Crippen LogP contribution in [0.5, 0.6) is 0 Å². The number of urea groups is 1. The van der Waals surface area contributed by atoms with Crippen molar-refractivity contribution in [2.45, 2.75) is 24.9 Å². The average molecular weight is 336 g/mol. The van der Waals surface area contributed by atoms with Crippen molar-refractivity contribution in [2.75, 3.05) is 24.6 Å². The lowest BCUT2D eigenvalue weighted by Crippen LogP contribution is -2.46. The summed E-state index contributed by atoms with van der Waals surface area (Å²) in [6, 6.07) is 7.78. The third-order valence-corrected chi connectivity index (χ3v) is 4.66. The minimum atomic E-state index is -0.142. The molecule has 1 aliphatic carbocycles. The topological polar surface area (TPSA) is 64.6 Å². The number of benzene rings is 1. The summed E-state index contributed by atoms with van der Waals surface area (Å²) in [7, 11) is 0. The summed E-state index contributed by atoms with van der Waals surface area (Å²) in [6.45, 7) is 1.82. The summed E-state index contributed by atoms with van der Waals surface area (Å²) in [6.07, 6.45) is 5.59. The maximum absolute atomic E-state index is 12.1. The van der Waals surface area contributed by atoms with Crippen molar-refractivity contribution in [2.24, 2.45) is 5.92 Å². The van der Waals surface area contributed by atoms with E-state index in [0.717, 1.165) is 36.6 Å². The molecule has 0 unspecified atom stereocenters. The van der Waals surface area contributed by atoms with E-state index >= 15 is 0 Å². The summed E-state index contributed by atoms with van der Waals surface area (Å²) in [5, 5.41) is 15.8. The lowest BCUT2D eigenvalue weighted by molar-refractivity contribution is 0.229. The molecule has 1 aromatic rings. The molecule has 0 spiro atoms. The lowest BCUT2D eigenvalue weighted by Gasteiger charge is -2.20. The number of nitrogens with one attached hydrogen (secondary N) is 2. The fourth-order valence-electron chi connectivity index (χ4n) is 3.20. The van der Waals surface area contributed by atoms with Crippen LogP contribution in [0.3, 0.4) is 0 Å². The number of anilines is 1. The zero-order chi connectivity index (χ0) is 16.2. The Morgan fingerprint density at radius 1 is 1.35 bits per heavy atom. The molecule has 1 saturated heterocycles. The van der Waals surface area contributed by atoms with Gasteiger partial charge in [-0.3, -0.25) is 0 Å². The van der Waals surface area contributed by atoms with Gasteiger partial charge in [0.1, 0.15) is 0 Å². The molecule has 1 aliphatic heterocycles. The zero-order valence-electron chi connectivity index (χ0n) is 12.9. The molecule has 5 nitrogen and oxygen atoms in total. The van der Waals surface area contributed by atoms with Gasteiger partial charge < -0.3 is 20.6 Å². The van der Waals surface area contributed by atoms with Gasteiger partial charge in [-0.1, -0.05) is 29.8 Å². The standard InChI is InChI=1S/C17H22ClN3O2/c18-13-2-1-3-16(9-13)21-7-6-15(10-21)20-17(23)19-14-5-4-12(8-14)11-22/h1-5,9,12,14-15,22H,6-8,10-11H2,(H2,19,20,23)/t12-,14+,15+/m0/s1. The fourth-order valence-corrected chi connectivity index (χ4v) is 3.38. The second kappa shape index (κ2) is 7.23. The minimum Gasteiger partial charge on any atom is -0.396 e. The largest absolute Gasteiger partial charge is 0.396 e. The third kappa shape index (κ3) is 4.18. The van der Waals surface area contributed by atoms with Crippen LogP contribution in [0, 0.1) is 5.92 Å². The molecule has 1 aromatic carbocycles. The predicted octanol–water partition coefficient (Wildman–Crippen LogP) is 2.15. The van der Waals surface area contributed by atoms with E-state index in [-0.39, 0.29) is 30.6 Å². The summed E-state index contributed by atoms with van der Waals surface area (Å²) >= 11 is 6.03. The Balaban J connectivity index is 1.46. The van der Waals surface area contributed by atoms with Gasteiger partial charge in [-0.05, 0) is 31.0 Å². The number of hydrogen-bond acceptors (Lipinski definition) is 3. The molecular weight excluding hydrogens is 314 g/mol. The first-order valence-electron chi connectivity index (χ1n) is 8.01. The van der Waals surface area contributed by atoms with Crippen molar-refractivity contribution in [1.29, 1.82) is 0 Å².